The molecule has 58 heavy (non-hydrogen) atoms. The molecule has 0 saturated carbocycles. The van der Waals surface area contributed by atoms with Gasteiger partial charge < -0.3 is 9.13 Å². The van der Waals surface area contributed by atoms with Gasteiger partial charge in [0, 0.05) is 43.4 Å². The Hall–Kier alpha value is -6.64. The molecule has 0 aliphatic heterocycles. The summed E-state index contributed by atoms with van der Waals surface area (Å²) in [6.45, 7) is 21.9. The quantitative estimate of drug-likeness (QED) is 0.166. The standard InChI is InChI=1S/C56H48N2/c1-9-17-51-39(11-3)45-31-43-41-19-13-15-21-47(41)55(5,6)49(43)33-53(45)57(51)37-27-23-35(24-28-37)36-25-29-38(30-26-36)58-52(18-10-2)40(12-4)46-32-44-42-20-14-16-22-48(42)56(7,8)50(44)34-54(46)58/h9-34H,1-2H2,3-8H3/b39-11-,40-12-,51-17+,52-18+. The van der Waals surface area contributed by atoms with Crippen LogP contribution in [-0.2, 0) is 10.8 Å². The van der Waals surface area contributed by atoms with Crippen molar-refractivity contribution in [1.29, 1.82) is 0 Å². The largest absolute Gasteiger partial charge is 0.309 e. The first-order valence-electron chi connectivity index (χ1n) is 20.5. The molecule has 0 atom stereocenters. The van der Waals surface area contributed by atoms with E-state index in [0.29, 0.717) is 0 Å². The highest BCUT2D eigenvalue weighted by Gasteiger charge is 2.37. The first-order chi connectivity index (χ1) is 28.1. The second-order valence-corrected chi connectivity index (χ2v) is 16.9. The van der Waals surface area contributed by atoms with Crippen molar-refractivity contribution in [2.45, 2.75) is 52.4 Å². The summed E-state index contributed by atoms with van der Waals surface area (Å²) in [4.78, 5) is 0. The van der Waals surface area contributed by atoms with Crippen molar-refractivity contribution in [3.63, 3.8) is 0 Å². The van der Waals surface area contributed by atoms with E-state index in [1.54, 1.807) is 0 Å². The Kier molecular flexibility index (Phi) is 7.98. The SMILES string of the molecule is C=C/C=c1\c(=C/C)c2cc3c(cc2n1-c1ccc(-c2ccc(-n4c(=C/C=C)/c(=C\C)c5cc6c(cc54)C(C)(C)c4ccccc4-6)cc2)cc1)C(C)(C)c1ccccc1-3. The van der Waals surface area contributed by atoms with Gasteiger partial charge in [-0.2, -0.15) is 0 Å². The number of rotatable bonds is 5. The van der Waals surface area contributed by atoms with Crippen molar-refractivity contribution in [3.05, 3.63) is 190 Å². The number of aromatic nitrogens is 2. The molecule has 0 fully saturated rings. The van der Waals surface area contributed by atoms with Gasteiger partial charge in [-0.1, -0.05) is 138 Å². The first-order valence-corrected chi connectivity index (χ1v) is 20.5. The van der Waals surface area contributed by atoms with Crippen molar-refractivity contribution in [1.82, 2.24) is 9.13 Å². The monoisotopic (exact) mass is 748 g/mol. The summed E-state index contributed by atoms with van der Waals surface area (Å²) in [5.41, 5.74) is 17.7. The molecule has 0 saturated heterocycles. The van der Waals surface area contributed by atoms with Gasteiger partial charge in [0.15, 0.2) is 0 Å². The van der Waals surface area contributed by atoms with Crippen LogP contribution in [0.3, 0.4) is 0 Å². The summed E-state index contributed by atoms with van der Waals surface area (Å²) in [6, 6.07) is 45.5. The number of hydrogen-bond donors (Lipinski definition) is 0. The molecule has 2 heteroatoms. The fourth-order valence-electron chi connectivity index (χ4n) is 10.4. The van der Waals surface area contributed by atoms with Gasteiger partial charge in [-0.3, -0.25) is 0 Å². The second-order valence-electron chi connectivity index (χ2n) is 16.9. The van der Waals surface area contributed by atoms with Gasteiger partial charge >= 0.3 is 0 Å². The predicted octanol–water partition coefficient (Wildman–Crippen LogP) is 11.4. The summed E-state index contributed by atoms with van der Waals surface area (Å²) in [5.74, 6) is 0. The summed E-state index contributed by atoms with van der Waals surface area (Å²) in [5, 5.41) is 7.27. The highest BCUT2D eigenvalue weighted by atomic mass is 15.0. The van der Waals surface area contributed by atoms with E-state index in [1.165, 1.54) is 87.9 Å². The summed E-state index contributed by atoms with van der Waals surface area (Å²) in [7, 11) is 0. The van der Waals surface area contributed by atoms with E-state index in [9.17, 15) is 0 Å². The normalized spacial score (nSPS) is 15.9. The van der Waals surface area contributed by atoms with Crippen molar-refractivity contribution in [2.75, 3.05) is 0 Å². The lowest BCUT2D eigenvalue weighted by Crippen LogP contribution is -2.28. The fraction of sp³-hybridized carbons (Fsp3) is 0.143. The third-order valence-corrected chi connectivity index (χ3v) is 13.2. The Morgan fingerprint density at radius 1 is 0.448 bits per heavy atom. The molecule has 2 aromatic heterocycles. The van der Waals surface area contributed by atoms with Crippen LogP contribution in [-0.4, -0.2) is 9.13 Å². The summed E-state index contributed by atoms with van der Waals surface area (Å²) in [6.07, 6.45) is 12.6. The minimum Gasteiger partial charge on any atom is -0.309 e. The molecule has 0 N–H and O–H groups in total. The highest BCUT2D eigenvalue weighted by molar-refractivity contribution is 5.95. The van der Waals surface area contributed by atoms with E-state index in [2.05, 4.69) is 209 Å². The van der Waals surface area contributed by atoms with Crippen LogP contribution < -0.4 is 21.1 Å². The first kappa shape index (κ1) is 35.8. The lowest BCUT2D eigenvalue weighted by atomic mass is 9.82. The van der Waals surface area contributed by atoms with E-state index in [4.69, 9.17) is 0 Å². The zero-order chi connectivity index (χ0) is 40.1. The van der Waals surface area contributed by atoms with E-state index >= 15 is 0 Å². The highest BCUT2D eigenvalue weighted by Crippen LogP contribution is 2.51. The lowest BCUT2D eigenvalue weighted by Gasteiger charge is -2.21. The molecule has 2 aliphatic rings. The molecular formula is C56H48N2. The van der Waals surface area contributed by atoms with Crippen molar-refractivity contribution < 1.29 is 0 Å². The molecule has 8 aromatic rings. The average Bonchev–Trinajstić information content (AvgIpc) is 3.87. The van der Waals surface area contributed by atoms with Gasteiger partial charge in [0.05, 0.1) is 21.7 Å². The molecule has 2 aliphatic carbocycles. The molecule has 0 bridgehead atoms. The van der Waals surface area contributed by atoms with Crippen molar-refractivity contribution in [3.8, 4) is 44.8 Å². The Morgan fingerprint density at radius 3 is 1.19 bits per heavy atom. The minimum atomic E-state index is -0.0834. The van der Waals surface area contributed by atoms with Crippen molar-refractivity contribution in [2.24, 2.45) is 0 Å². The van der Waals surface area contributed by atoms with Crippen molar-refractivity contribution >= 4 is 46.1 Å². The smallest absolute Gasteiger partial charge is 0.0544 e. The molecule has 10 rings (SSSR count). The van der Waals surface area contributed by atoms with Gasteiger partial charge in [0.2, 0.25) is 0 Å². The maximum Gasteiger partial charge on any atom is 0.0544 e. The fourth-order valence-corrected chi connectivity index (χ4v) is 10.4. The zero-order valence-electron chi connectivity index (χ0n) is 34.3. The van der Waals surface area contributed by atoms with Gasteiger partial charge in [0.25, 0.3) is 0 Å². The van der Waals surface area contributed by atoms with Gasteiger partial charge in [-0.15, -0.1) is 0 Å². The summed E-state index contributed by atoms with van der Waals surface area (Å²) < 4.78 is 4.82. The van der Waals surface area contributed by atoms with E-state index in [-0.39, 0.29) is 10.8 Å². The molecule has 0 unspecified atom stereocenters. The third-order valence-electron chi connectivity index (χ3n) is 13.2. The van der Waals surface area contributed by atoms with E-state index < -0.39 is 0 Å². The number of benzene rings is 6. The Bertz CT molecular complexity index is 3080. The maximum absolute atomic E-state index is 4.11. The molecule has 0 radical (unpaired) electrons. The molecule has 0 amide bonds. The minimum absolute atomic E-state index is 0.0834. The number of hydrogen-bond acceptors (Lipinski definition) is 0. The second kappa shape index (κ2) is 12.9. The average molecular weight is 749 g/mol. The maximum atomic E-state index is 4.11. The predicted molar refractivity (Wildman–Crippen MR) is 249 cm³/mol. The van der Waals surface area contributed by atoms with Gasteiger partial charge in [-0.05, 0) is 130 Å². The molecule has 2 nitrogen and oxygen atoms in total. The zero-order valence-corrected chi connectivity index (χ0v) is 34.3. The van der Waals surface area contributed by atoms with Gasteiger partial charge in [-0.25, -0.2) is 0 Å². The molecule has 282 valence electrons. The topological polar surface area (TPSA) is 9.86 Å². The molecular weight excluding hydrogens is 701 g/mol. The number of nitrogens with zero attached hydrogens (tertiary/aromatic N) is 2. The van der Waals surface area contributed by atoms with Crippen LogP contribution in [0.4, 0.5) is 0 Å². The van der Waals surface area contributed by atoms with Crippen LogP contribution >= 0.6 is 0 Å². The van der Waals surface area contributed by atoms with Crippen LogP contribution in [0, 0.1) is 0 Å². The molecule has 2 heterocycles. The summed E-state index contributed by atoms with van der Waals surface area (Å²) >= 11 is 0. The third kappa shape index (κ3) is 4.91. The van der Waals surface area contributed by atoms with E-state index in [1.807, 2.05) is 12.2 Å². The Labute approximate surface area is 341 Å². The number of fused-ring (bicyclic) bond motifs is 8. The van der Waals surface area contributed by atoms with Crippen LogP contribution in [0.1, 0.15) is 63.8 Å². The molecule has 6 aromatic carbocycles. The van der Waals surface area contributed by atoms with Crippen LogP contribution in [0.15, 0.2) is 147 Å². The molecule has 0 spiro atoms. The Balaban J connectivity index is 1.07. The van der Waals surface area contributed by atoms with E-state index in [0.717, 1.165) is 22.1 Å². The van der Waals surface area contributed by atoms with Gasteiger partial charge in [0.1, 0.15) is 0 Å². The Morgan fingerprint density at radius 2 is 0.828 bits per heavy atom. The van der Waals surface area contributed by atoms with Crippen LogP contribution in [0.5, 0.6) is 0 Å². The van der Waals surface area contributed by atoms with Crippen LogP contribution in [0.2, 0.25) is 0 Å². The van der Waals surface area contributed by atoms with Crippen LogP contribution in [0.25, 0.3) is 90.9 Å². The lowest BCUT2D eigenvalue weighted by molar-refractivity contribution is 0.660. The number of allylic oxidation sites excluding steroid dienone is 2.